The van der Waals surface area contributed by atoms with Crippen LogP contribution in [0.25, 0.3) is 11.4 Å². The molecule has 0 atom stereocenters. The second kappa shape index (κ2) is 8.91. The maximum absolute atomic E-state index is 12.5. The Morgan fingerprint density at radius 1 is 0.867 bits per heavy atom. The fraction of sp³-hybridized carbons (Fsp3) is 0.0870. The Kier molecular flexibility index (Phi) is 5.70. The Labute approximate surface area is 174 Å². The van der Waals surface area contributed by atoms with Crippen LogP contribution >= 0.6 is 0 Å². The molecule has 30 heavy (non-hydrogen) atoms. The molecule has 0 fully saturated rings. The van der Waals surface area contributed by atoms with Crippen molar-refractivity contribution in [3.8, 4) is 11.4 Å². The number of carbonyl (C=O) groups excluding carboxylic acids is 1. The lowest BCUT2D eigenvalue weighted by atomic mass is 10.2. The fourth-order valence-corrected chi connectivity index (χ4v) is 2.92. The molecule has 0 unspecified atom stereocenters. The van der Waals surface area contributed by atoms with Crippen LogP contribution in [0.5, 0.6) is 0 Å². The molecule has 7 heteroatoms. The molecule has 3 aromatic carbocycles. The number of aryl methyl sites for hydroxylation is 1. The first kappa shape index (κ1) is 19.2. The van der Waals surface area contributed by atoms with Gasteiger partial charge >= 0.3 is 0 Å². The highest BCUT2D eigenvalue weighted by Gasteiger charge is 2.13. The van der Waals surface area contributed by atoms with Crippen LogP contribution in [0.3, 0.4) is 0 Å². The predicted octanol–water partition coefficient (Wildman–Crippen LogP) is 5.31. The molecule has 4 aromatic rings. The molecule has 1 N–H and O–H groups in total. The van der Waals surface area contributed by atoms with Crippen LogP contribution in [-0.4, -0.2) is 20.7 Å². The number of carbonyl (C=O) groups is 1. The third-order valence-corrected chi connectivity index (χ3v) is 4.29. The van der Waals surface area contributed by atoms with E-state index in [0.717, 1.165) is 11.3 Å². The van der Waals surface area contributed by atoms with Gasteiger partial charge in [-0.25, -0.2) is 9.67 Å². The zero-order valence-electron chi connectivity index (χ0n) is 16.4. The van der Waals surface area contributed by atoms with E-state index in [1.165, 1.54) is 0 Å². The van der Waals surface area contributed by atoms with Crippen molar-refractivity contribution in [3.63, 3.8) is 0 Å². The number of hydrogen-bond donors (Lipinski definition) is 1. The SMILES string of the molecule is Cc1nc(-c2ccccc2)n(CC(=O)Nc2ccc(N=Nc3ccccc3)cc2)n1. The molecule has 0 aliphatic heterocycles. The van der Waals surface area contributed by atoms with Gasteiger partial charge in [0.05, 0.1) is 11.4 Å². The van der Waals surface area contributed by atoms with Crippen LogP contribution in [0, 0.1) is 6.92 Å². The van der Waals surface area contributed by atoms with Gasteiger partial charge in [0.1, 0.15) is 12.4 Å². The average molecular weight is 396 g/mol. The number of anilines is 1. The van der Waals surface area contributed by atoms with Gasteiger partial charge in [-0.1, -0.05) is 48.5 Å². The number of amides is 1. The third kappa shape index (κ3) is 4.82. The topological polar surface area (TPSA) is 84.5 Å². The number of aromatic nitrogens is 3. The van der Waals surface area contributed by atoms with Gasteiger partial charge in [0.25, 0.3) is 0 Å². The van der Waals surface area contributed by atoms with Crippen LogP contribution in [0.15, 0.2) is 95.2 Å². The highest BCUT2D eigenvalue weighted by molar-refractivity contribution is 5.90. The number of nitrogens with one attached hydrogen (secondary N) is 1. The molecular formula is C23H20N6O. The summed E-state index contributed by atoms with van der Waals surface area (Å²) in [5.74, 6) is 1.10. The average Bonchev–Trinajstić information content (AvgIpc) is 3.14. The molecule has 1 amide bonds. The lowest BCUT2D eigenvalue weighted by Crippen LogP contribution is -2.20. The summed E-state index contributed by atoms with van der Waals surface area (Å²) in [6, 6.07) is 26.4. The van der Waals surface area contributed by atoms with Gasteiger partial charge in [0.15, 0.2) is 5.82 Å². The van der Waals surface area contributed by atoms with E-state index in [1.807, 2.05) is 67.6 Å². The van der Waals surface area contributed by atoms with Gasteiger partial charge in [-0.2, -0.15) is 15.3 Å². The van der Waals surface area contributed by atoms with Crippen LogP contribution in [0.1, 0.15) is 5.82 Å². The van der Waals surface area contributed by atoms with Crippen molar-refractivity contribution >= 4 is 23.0 Å². The molecule has 0 aliphatic carbocycles. The van der Waals surface area contributed by atoms with Crippen molar-refractivity contribution in [2.24, 2.45) is 10.2 Å². The summed E-state index contributed by atoms with van der Waals surface area (Å²) in [7, 11) is 0. The van der Waals surface area contributed by atoms with Crippen molar-refractivity contribution in [3.05, 3.63) is 90.8 Å². The van der Waals surface area contributed by atoms with E-state index in [1.54, 1.807) is 28.9 Å². The van der Waals surface area contributed by atoms with Crippen molar-refractivity contribution in [2.45, 2.75) is 13.5 Å². The lowest BCUT2D eigenvalue weighted by Gasteiger charge is -2.08. The van der Waals surface area contributed by atoms with E-state index in [9.17, 15) is 4.79 Å². The number of azo groups is 1. The summed E-state index contributed by atoms with van der Waals surface area (Å²) in [6.07, 6.45) is 0. The quantitative estimate of drug-likeness (QED) is 0.448. The Morgan fingerprint density at radius 3 is 2.13 bits per heavy atom. The molecule has 7 nitrogen and oxygen atoms in total. The first-order valence-corrected chi connectivity index (χ1v) is 9.51. The smallest absolute Gasteiger partial charge is 0.246 e. The molecule has 148 valence electrons. The van der Waals surface area contributed by atoms with E-state index in [4.69, 9.17) is 0 Å². The molecule has 0 spiro atoms. The molecule has 4 rings (SSSR count). The molecular weight excluding hydrogens is 376 g/mol. The van der Waals surface area contributed by atoms with E-state index >= 15 is 0 Å². The van der Waals surface area contributed by atoms with Gasteiger partial charge in [-0.15, -0.1) is 0 Å². The fourth-order valence-electron chi connectivity index (χ4n) is 2.92. The van der Waals surface area contributed by atoms with Gasteiger partial charge in [-0.05, 0) is 43.3 Å². The third-order valence-electron chi connectivity index (χ3n) is 4.29. The predicted molar refractivity (Wildman–Crippen MR) is 116 cm³/mol. The van der Waals surface area contributed by atoms with Gasteiger partial charge in [0.2, 0.25) is 5.91 Å². The molecule has 1 aromatic heterocycles. The molecule has 1 heterocycles. The van der Waals surface area contributed by atoms with E-state index in [-0.39, 0.29) is 12.5 Å². The van der Waals surface area contributed by atoms with Crippen LogP contribution < -0.4 is 5.32 Å². The Balaban J connectivity index is 1.41. The monoisotopic (exact) mass is 396 g/mol. The highest BCUT2D eigenvalue weighted by atomic mass is 16.2. The summed E-state index contributed by atoms with van der Waals surface area (Å²) in [5, 5.41) is 15.6. The van der Waals surface area contributed by atoms with Crippen molar-refractivity contribution < 1.29 is 4.79 Å². The van der Waals surface area contributed by atoms with Gasteiger partial charge < -0.3 is 5.32 Å². The summed E-state index contributed by atoms with van der Waals surface area (Å²) < 4.78 is 1.61. The standard InChI is InChI=1S/C23H20N6O/c1-17-24-23(18-8-4-2-5-9-18)29(28-17)16-22(30)25-19-12-14-21(15-13-19)27-26-20-10-6-3-7-11-20/h2-15H,16H2,1H3,(H,25,30). The van der Waals surface area contributed by atoms with Crippen LogP contribution in [-0.2, 0) is 11.3 Å². The minimum absolute atomic E-state index is 0.0700. The molecule has 0 saturated carbocycles. The zero-order valence-corrected chi connectivity index (χ0v) is 16.4. The van der Waals surface area contributed by atoms with E-state index in [2.05, 4.69) is 25.6 Å². The Morgan fingerprint density at radius 2 is 1.47 bits per heavy atom. The molecule has 0 radical (unpaired) electrons. The Hall–Kier alpha value is -4.13. The second-order valence-corrected chi connectivity index (χ2v) is 6.64. The number of benzene rings is 3. The Bertz CT molecular complexity index is 1150. The number of rotatable bonds is 6. The number of hydrogen-bond acceptors (Lipinski definition) is 5. The van der Waals surface area contributed by atoms with Crippen LogP contribution in [0.4, 0.5) is 17.1 Å². The van der Waals surface area contributed by atoms with Crippen LogP contribution in [0.2, 0.25) is 0 Å². The normalized spacial score (nSPS) is 11.0. The lowest BCUT2D eigenvalue weighted by molar-refractivity contribution is -0.116. The first-order valence-electron chi connectivity index (χ1n) is 9.51. The summed E-state index contributed by atoms with van der Waals surface area (Å²) in [4.78, 5) is 17.0. The largest absolute Gasteiger partial charge is 0.324 e. The maximum atomic E-state index is 12.5. The van der Waals surface area contributed by atoms with E-state index in [0.29, 0.717) is 23.0 Å². The summed E-state index contributed by atoms with van der Waals surface area (Å²) in [5.41, 5.74) is 3.08. The van der Waals surface area contributed by atoms with E-state index < -0.39 is 0 Å². The summed E-state index contributed by atoms with van der Waals surface area (Å²) >= 11 is 0. The van der Waals surface area contributed by atoms with Gasteiger partial charge in [-0.3, -0.25) is 4.79 Å². The first-order chi connectivity index (χ1) is 14.7. The molecule has 0 bridgehead atoms. The zero-order chi connectivity index (χ0) is 20.8. The molecule has 0 aliphatic rings. The van der Waals surface area contributed by atoms with Crippen molar-refractivity contribution in [1.29, 1.82) is 0 Å². The van der Waals surface area contributed by atoms with Gasteiger partial charge in [0, 0.05) is 11.3 Å². The molecule has 0 saturated heterocycles. The second-order valence-electron chi connectivity index (χ2n) is 6.64. The maximum Gasteiger partial charge on any atom is 0.246 e. The van der Waals surface area contributed by atoms with Crippen molar-refractivity contribution in [2.75, 3.05) is 5.32 Å². The highest BCUT2D eigenvalue weighted by Crippen LogP contribution is 2.20. The minimum Gasteiger partial charge on any atom is -0.324 e. The summed E-state index contributed by atoms with van der Waals surface area (Å²) in [6.45, 7) is 1.88. The van der Waals surface area contributed by atoms with Crippen molar-refractivity contribution in [1.82, 2.24) is 14.8 Å². The minimum atomic E-state index is -0.184. The number of nitrogens with zero attached hydrogens (tertiary/aromatic N) is 5.